The molecule has 146 valence electrons. The summed E-state index contributed by atoms with van der Waals surface area (Å²) < 4.78 is 15.8. The highest BCUT2D eigenvalue weighted by atomic mass is 32.2. The van der Waals surface area contributed by atoms with E-state index in [2.05, 4.69) is 15.5 Å². The van der Waals surface area contributed by atoms with E-state index in [1.54, 1.807) is 29.8 Å². The number of hydrogen-bond acceptors (Lipinski definition) is 4. The molecule has 7 heteroatoms. The molecule has 0 spiro atoms. The molecule has 0 saturated heterocycles. The highest BCUT2D eigenvalue weighted by molar-refractivity contribution is 8.00. The first-order valence-corrected chi connectivity index (χ1v) is 10.0. The fourth-order valence-corrected chi connectivity index (χ4v) is 3.89. The first-order chi connectivity index (χ1) is 14.0. The van der Waals surface area contributed by atoms with Crippen LogP contribution in [0.15, 0.2) is 71.9 Å². The van der Waals surface area contributed by atoms with E-state index in [1.807, 2.05) is 49.4 Å². The molecule has 0 aliphatic carbocycles. The number of benzene rings is 3. The fourth-order valence-electron chi connectivity index (χ4n) is 3.08. The third-order valence-electron chi connectivity index (χ3n) is 4.65. The molecule has 1 amide bonds. The number of hydrogen-bond donors (Lipinski definition) is 1. The van der Waals surface area contributed by atoms with Crippen LogP contribution in [0, 0.1) is 5.82 Å². The lowest BCUT2D eigenvalue weighted by molar-refractivity contribution is -0.115. The van der Waals surface area contributed by atoms with Gasteiger partial charge in [-0.15, -0.1) is 10.2 Å². The number of nitrogens with zero attached hydrogens (tertiary/aromatic N) is 3. The highest BCUT2D eigenvalue weighted by Gasteiger charge is 2.21. The second kappa shape index (κ2) is 8.05. The quantitative estimate of drug-likeness (QED) is 0.479. The normalized spacial score (nSPS) is 12.1. The Labute approximate surface area is 172 Å². The predicted octanol–water partition coefficient (Wildman–Crippen LogP) is 4.89. The summed E-state index contributed by atoms with van der Waals surface area (Å²) in [4.78, 5) is 12.8. The molecule has 0 aliphatic rings. The van der Waals surface area contributed by atoms with Gasteiger partial charge in [0.05, 0.1) is 10.8 Å². The molecule has 4 rings (SSSR count). The fraction of sp³-hybridized carbons (Fsp3) is 0.136. The maximum Gasteiger partial charge on any atom is 0.237 e. The first kappa shape index (κ1) is 19.1. The zero-order valence-electron chi connectivity index (χ0n) is 16.0. The average molecular weight is 406 g/mol. The average Bonchev–Trinajstić information content (AvgIpc) is 3.08. The van der Waals surface area contributed by atoms with Crippen LogP contribution in [0.25, 0.3) is 22.2 Å². The Morgan fingerprint density at radius 3 is 2.59 bits per heavy atom. The van der Waals surface area contributed by atoms with E-state index < -0.39 is 5.25 Å². The number of thioether (sulfide) groups is 1. The van der Waals surface area contributed by atoms with Crippen molar-refractivity contribution < 1.29 is 9.18 Å². The molecule has 0 saturated carbocycles. The molecule has 4 aromatic rings. The van der Waals surface area contributed by atoms with Gasteiger partial charge in [0, 0.05) is 18.1 Å². The van der Waals surface area contributed by atoms with Gasteiger partial charge in [-0.1, -0.05) is 60.3 Å². The summed E-state index contributed by atoms with van der Waals surface area (Å²) in [6.45, 7) is 1.81. The van der Waals surface area contributed by atoms with Crippen molar-refractivity contribution in [3.05, 3.63) is 72.5 Å². The maximum absolute atomic E-state index is 14.1. The summed E-state index contributed by atoms with van der Waals surface area (Å²) in [5, 5.41) is 13.4. The van der Waals surface area contributed by atoms with Crippen molar-refractivity contribution in [2.24, 2.45) is 7.05 Å². The van der Waals surface area contributed by atoms with Crippen LogP contribution < -0.4 is 5.32 Å². The lowest BCUT2D eigenvalue weighted by Crippen LogP contribution is -2.23. The van der Waals surface area contributed by atoms with Crippen molar-refractivity contribution in [2.45, 2.75) is 17.3 Å². The number of carbonyl (C=O) groups excluding carboxylic acids is 1. The zero-order valence-corrected chi connectivity index (χ0v) is 16.8. The second-order valence-corrected chi connectivity index (χ2v) is 7.93. The Balaban J connectivity index is 1.52. The van der Waals surface area contributed by atoms with Crippen molar-refractivity contribution in [3.63, 3.8) is 0 Å². The summed E-state index contributed by atoms with van der Waals surface area (Å²) in [5.41, 5.74) is 1.15. The van der Waals surface area contributed by atoms with E-state index in [1.165, 1.54) is 17.8 Å². The molecular weight excluding hydrogens is 387 g/mol. The molecule has 1 N–H and O–H groups in total. The Hall–Kier alpha value is -3.19. The van der Waals surface area contributed by atoms with Gasteiger partial charge < -0.3 is 9.88 Å². The smallest absolute Gasteiger partial charge is 0.237 e. The third-order valence-corrected chi connectivity index (χ3v) is 5.78. The summed E-state index contributed by atoms with van der Waals surface area (Å²) >= 11 is 1.28. The van der Waals surface area contributed by atoms with E-state index in [-0.39, 0.29) is 11.7 Å². The van der Waals surface area contributed by atoms with Crippen LogP contribution in [0.2, 0.25) is 0 Å². The van der Waals surface area contributed by atoms with E-state index in [0.29, 0.717) is 16.5 Å². The van der Waals surface area contributed by atoms with Crippen LogP contribution in [-0.2, 0) is 11.8 Å². The topological polar surface area (TPSA) is 59.8 Å². The molecule has 0 radical (unpaired) electrons. The minimum Gasteiger partial charge on any atom is -0.325 e. The number of fused-ring (bicyclic) bond motifs is 1. The highest BCUT2D eigenvalue weighted by Crippen LogP contribution is 2.28. The number of halogens is 1. The number of rotatable bonds is 5. The monoisotopic (exact) mass is 406 g/mol. The molecule has 5 nitrogen and oxygen atoms in total. The van der Waals surface area contributed by atoms with Gasteiger partial charge in [-0.3, -0.25) is 4.79 Å². The maximum atomic E-state index is 14.1. The molecule has 0 bridgehead atoms. The number of amides is 1. The second-order valence-electron chi connectivity index (χ2n) is 6.62. The van der Waals surface area contributed by atoms with Crippen molar-refractivity contribution in [1.29, 1.82) is 0 Å². The van der Waals surface area contributed by atoms with Gasteiger partial charge >= 0.3 is 0 Å². The Morgan fingerprint density at radius 1 is 1.03 bits per heavy atom. The number of carbonyl (C=O) groups is 1. The standard InChI is InChI=1S/C22H19FN4OS/c1-14(21(28)24-19-13-7-9-15-8-3-4-10-16(15)19)29-22-26-25-20(27(22)2)17-11-5-6-12-18(17)23/h3-14H,1-2H3,(H,24,28)/t14-/m0/s1. The van der Waals surface area contributed by atoms with Gasteiger partial charge in [-0.2, -0.15) is 0 Å². The summed E-state index contributed by atoms with van der Waals surface area (Å²) in [6, 6.07) is 20.1. The van der Waals surface area contributed by atoms with Crippen LogP contribution in [0.4, 0.5) is 10.1 Å². The summed E-state index contributed by atoms with van der Waals surface area (Å²) in [7, 11) is 1.76. The van der Waals surface area contributed by atoms with E-state index in [9.17, 15) is 9.18 Å². The van der Waals surface area contributed by atoms with Gasteiger partial charge in [-0.25, -0.2) is 4.39 Å². The van der Waals surface area contributed by atoms with Crippen LogP contribution in [0.1, 0.15) is 6.92 Å². The number of anilines is 1. The van der Waals surface area contributed by atoms with E-state index >= 15 is 0 Å². The van der Waals surface area contributed by atoms with Crippen LogP contribution in [0.3, 0.4) is 0 Å². The molecule has 0 unspecified atom stereocenters. The van der Waals surface area contributed by atoms with Crippen molar-refractivity contribution in [1.82, 2.24) is 14.8 Å². The van der Waals surface area contributed by atoms with E-state index in [0.717, 1.165) is 16.5 Å². The van der Waals surface area contributed by atoms with Gasteiger partial charge in [0.1, 0.15) is 5.82 Å². The largest absolute Gasteiger partial charge is 0.325 e. The van der Waals surface area contributed by atoms with Gasteiger partial charge in [0.15, 0.2) is 11.0 Å². The van der Waals surface area contributed by atoms with Gasteiger partial charge in [0.25, 0.3) is 0 Å². The van der Waals surface area contributed by atoms with Crippen molar-refractivity contribution >= 4 is 34.1 Å². The van der Waals surface area contributed by atoms with Crippen molar-refractivity contribution in [2.75, 3.05) is 5.32 Å². The molecule has 3 aromatic carbocycles. The lowest BCUT2D eigenvalue weighted by Gasteiger charge is -2.13. The van der Waals surface area contributed by atoms with Crippen LogP contribution in [0.5, 0.6) is 0 Å². The minimum atomic E-state index is -0.412. The Kier molecular flexibility index (Phi) is 5.31. The Bertz CT molecular complexity index is 1190. The molecule has 29 heavy (non-hydrogen) atoms. The first-order valence-electron chi connectivity index (χ1n) is 9.14. The van der Waals surface area contributed by atoms with E-state index in [4.69, 9.17) is 0 Å². The SMILES string of the molecule is C[C@H](Sc1nnc(-c2ccccc2F)n1C)C(=O)Nc1cccc2ccccc12. The molecule has 0 fully saturated rings. The van der Waals surface area contributed by atoms with Crippen LogP contribution in [-0.4, -0.2) is 25.9 Å². The molecule has 1 heterocycles. The lowest BCUT2D eigenvalue weighted by atomic mass is 10.1. The minimum absolute atomic E-state index is 0.137. The molecule has 1 atom stereocenters. The third kappa shape index (κ3) is 3.86. The zero-order chi connectivity index (χ0) is 20.4. The number of aromatic nitrogens is 3. The summed E-state index contributed by atoms with van der Waals surface area (Å²) in [5.74, 6) is -0.0737. The Morgan fingerprint density at radius 2 is 1.76 bits per heavy atom. The summed E-state index contributed by atoms with van der Waals surface area (Å²) in [6.07, 6.45) is 0. The number of nitrogens with one attached hydrogen (secondary N) is 1. The van der Waals surface area contributed by atoms with Crippen LogP contribution >= 0.6 is 11.8 Å². The van der Waals surface area contributed by atoms with Crippen molar-refractivity contribution in [3.8, 4) is 11.4 Å². The van der Waals surface area contributed by atoms with Gasteiger partial charge in [0.2, 0.25) is 5.91 Å². The molecular formula is C22H19FN4OS. The molecule has 1 aromatic heterocycles. The molecule has 0 aliphatic heterocycles. The van der Waals surface area contributed by atoms with Gasteiger partial charge in [-0.05, 0) is 30.5 Å². The predicted molar refractivity (Wildman–Crippen MR) is 114 cm³/mol.